The molecule has 0 spiro atoms. The Balaban J connectivity index is 1.57. The summed E-state index contributed by atoms with van der Waals surface area (Å²) in [6.45, 7) is 6.47. The van der Waals surface area contributed by atoms with E-state index in [4.69, 9.17) is 19.5 Å². The van der Waals surface area contributed by atoms with Crippen molar-refractivity contribution in [2.24, 2.45) is 4.99 Å². The van der Waals surface area contributed by atoms with Crippen LogP contribution in [0.2, 0.25) is 0 Å². The molecular formula is C23H27N5O2. The highest BCUT2D eigenvalue weighted by atomic mass is 16.5. The van der Waals surface area contributed by atoms with Gasteiger partial charge < -0.3 is 14.8 Å². The molecule has 2 aliphatic rings. The van der Waals surface area contributed by atoms with E-state index in [-0.39, 0.29) is 12.1 Å². The molecule has 1 fully saturated rings. The normalized spacial score (nSPS) is 22.1. The number of fused-ring (bicyclic) bond motifs is 1. The molecule has 1 N–H and O–H groups in total. The van der Waals surface area contributed by atoms with Gasteiger partial charge in [0.05, 0.1) is 22.8 Å². The number of hydrogen-bond donors (Lipinski definition) is 1. The lowest BCUT2D eigenvalue weighted by molar-refractivity contribution is 0.0905. The van der Waals surface area contributed by atoms with E-state index >= 15 is 0 Å². The van der Waals surface area contributed by atoms with Gasteiger partial charge in [-0.3, -0.25) is 0 Å². The van der Waals surface area contributed by atoms with E-state index in [1.165, 1.54) is 0 Å². The summed E-state index contributed by atoms with van der Waals surface area (Å²) < 4.78 is 13.7. The zero-order valence-corrected chi connectivity index (χ0v) is 17.4. The largest absolute Gasteiger partial charge is 0.472 e. The Morgan fingerprint density at radius 1 is 1.13 bits per heavy atom. The lowest BCUT2D eigenvalue weighted by Gasteiger charge is -2.25. The molecule has 5 rings (SSSR count). The van der Waals surface area contributed by atoms with Crippen LogP contribution in [-0.4, -0.2) is 46.0 Å². The van der Waals surface area contributed by atoms with Gasteiger partial charge in [0.25, 0.3) is 0 Å². The van der Waals surface area contributed by atoms with Crippen LogP contribution in [0.3, 0.4) is 0 Å². The van der Waals surface area contributed by atoms with Crippen LogP contribution in [0.1, 0.15) is 43.9 Å². The van der Waals surface area contributed by atoms with Gasteiger partial charge in [-0.25, -0.2) is 14.7 Å². The number of pyridine rings is 1. The van der Waals surface area contributed by atoms with Crippen LogP contribution < -0.4 is 5.32 Å². The number of rotatable bonds is 5. The Hall–Kier alpha value is -2.93. The Bertz CT molecular complexity index is 1060. The first kappa shape index (κ1) is 19.1. The number of benzene rings is 1. The highest BCUT2D eigenvalue weighted by molar-refractivity contribution is 6.07. The molecule has 2 aromatic heterocycles. The van der Waals surface area contributed by atoms with E-state index in [1.807, 2.05) is 35.3 Å². The van der Waals surface area contributed by atoms with Crippen LogP contribution in [0.4, 0.5) is 5.69 Å². The van der Waals surface area contributed by atoms with Gasteiger partial charge in [0.15, 0.2) is 5.65 Å². The molecule has 0 unspecified atom stereocenters. The van der Waals surface area contributed by atoms with Gasteiger partial charge in [0.1, 0.15) is 12.1 Å². The van der Waals surface area contributed by atoms with Crippen molar-refractivity contribution in [3.05, 3.63) is 53.9 Å². The molecule has 4 heterocycles. The summed E-state index contributed by atoms with van der Waals surface area (Å²) in [7, 11) is 0. The van der Waals surface area contributed by atoms with E-state index in [1.54, 1.807) is 0 Å². The van der Waals surface area contributed by atoms with Crippen LogP contribution in [-0.2, 0) is 16.0 Å². The smallest absolute Gasteiger partial charge is 0.220 e. The lowest BCUT2D eigenvalue weighted by atomic mass is 10.0. The second kappa shape index (κ2) is 8.07. The van der Waals surface area contributed by atoms with Crippen molar-refractivity contribution in [2.75, 3.05) is 18.5 Å². The number of nitrogens with one attached hydrogen (secondary N) is 1. The molecule has 3 aromatic rings. The second-order valence-electron chi connectivity index (χ2n) is 7.89. The Labute approximate surface area is 176 Å². The van der Waals surface area contributed by atoms with Crippen molar-refractivity contribution < 1.29 is 9.47 Å². The number of anilines is 1. The summed E-state index contributed by atoms with van der Waals surface area (Å²) >= 11 is 0. The number of nitrogens with zero attached hydrogens (tertiary/aromatic N) is 4. The zero-order valence-electron chi connectivity index (χ0n) is 17.4. The van der Waals surface area contributed by atoms with E-state index in [0.29, 0.717) is 11.9 Å². The minimum Gasteiger partial charge on any atom is -0.472 e. The van der Waals surface area contributed by atoms with Gasteiger partial charge in [0, 0.05) is 32.0 Å². The molecule has 1 saturated heterocycles. The first-order valence-corrected chi connectivity index (χ1v) is 10.7. The van der Waals surface area contributed by atoms with Crippen LogP contribution in [0.15, 0.2) is 47.7 Å². The van der Waals surface area contributed by atoms with Crippen molar-refractivity contribution in [1.29, 1.82) is 0 Å². The maximum atomic E-state index is 6.24. The van der Waals surface area contributed by atoms with E-state index < -0.39 is 0 Å². The third kappa shape index (κ3) is 3.43. The van der Waals surface area contributed by atoms with Crippen molar-refractivity contribution >= 4 is 22.6 Å². The van der Waals surface area contributed by atoms with E-state index in [9.17, 15) is 0 Å². The van der Waals surface area contributed by atoms with E-state index in [0.717, 1.165) is 60.4 Å². The first-order chi connectivity index (χ1) is 14.7. The predicted octanol–water partition coefficient (Wildman–Crippen LogP) is 3.95. The van der Waals surface area contributed by atoms with Crippen LogP contribution in [0, 0.1) is 0 Å². The number of ether oxygens (including phenoxy) is 2. The maximum absolute atomic E-state index is 6.24. The predicted molar refractivity (Wildman–Crippen MR) is 117 cm³/mol. The minimum atomic E-state index is -0.0348. The maximum Gasteiger partial charge on any atom is 0.220 e. The molecule has 156 valence electrons. The summed E-state index contributed by atoms with van der Waals surface area (Å²) in [6.07, 6.45) is 5.68. The van der Waals surface area contributed by atoms with E-state index in [2.05, 4.69) is 36.4 Å². The van der Waals surface area contributed by atoms with Gasteiger partial charge in [-0.1, -0.05) is 30.3 Å². The third-order valence-electron chi connectivity index (χ3n) is 5.91. The summed E-state index contributed by atoms with van der Waals surface area (Å²) in [5, 5.41) is 9.27. The molecule has 0 radical (unpaired) electrons. The molecule has 1 aromatic carbocycles. The molecule has 7 heteroatoms. The monoisotopic (exact) mass is 405 g/mol. The minimum absolute atomic E-state index is 0.0220. The summed E-state index contributed by atoms with van der Waals surface area (Å²) in [5.41, 5.74) is 3.94. The Morgan fingerprint density at radius 3 is 2.70 bits per heavy atom. The Morgan fingerprint density at radius 2 is 1.93 bits per heavy atom. The molecule has 2 atom stereocenters. The summed E-state index contributed by atoms with van der Waals surface area (Å²) in [6, 6.07) is 10.6. The van der Waals surface area contributed by atoms with Crippen LogP contribution >= 0.6 is 0 Å². The molecule has 0 saturated carbocycles. The molecular weight excluding hydrogens is 378 g/mol. The number of hydrogen-bond acceptors (Lipinski definition) is 6. The number of aryl methyl sites for hydroxylation is 1. The SMILES string of the molecule is CCn1ncc2c(NC3CCOCC3)c(C3=N[C@@H](c4ccccc4)[C@@H](C)O3)cnc21. The molecule has 7 nitrogen and oxygen atoms in total. The highest BCUT2D eigenvalue weighted by Crippen LogP contribution is 2.35. The fourth-order valence-corrected chi connectivity index (χ4v) is 4.25. The standard InChI is InChI=1S/C23H27N5O2/c1-3-28-22-18(14-25-28)21(26-17-9-11-29-12-10-17)19(13-24-22)23-27-20(15(2)30-23)16-7-5-4-6-8-16/h4-8,13-15,17,20H,3,9-12H2,1-2H3,(H,24,26)/t15-,20-/m1/s1. The van der Waals surface area contributed by atoms with Gasteiger partial charge in [-0.05, 0) is 32.3 Å². The average molecular weight is 406 g/mol. The fourth-order valence-electron chi connectivity index (χ4n) is 4.25. The summed E-state index contributed by atoms with van der Waals surface area (Å²) in [5.74, 6) is 0.643. The zero-order chi connectivity index (χ0) is 20.5. The fraction of sp³-hybridized carbons (Fsp3) is 0.435. The number of aliphatic imine (C=N–C) groups is 1. The quantitative estimate of drug-likeness (QED) is 0.696. The molecule has 0 bridgehead atoms. The van der Waals surface area contributed by atoms with Crippen LogP contribution in [0.5, 0.6) is 0 Å². The highest BCUT2D eigenvalue weighted by Gasteiger charge is 2.31. The first-order valence-electron chi connectivity index (χ1n) is 10.7. The van der Waals surface area contributed by atoms with Gasteiger partial charge in [-0.2, -0.15) is 5.10 Å². The van der Waals surface area contributed by atoms with Gasteiger partial charge in [0.2, 0.25) is 5.90 Å². The topological polar surface area (TPSA) is 73.6 Å². The second-order valence-corrected chi connectivity index (χ2v) is 7.89. The van der Waals surface area contributed by atoms with Gasteiger partial charge >= 0.3 is 0 Å². The third-order valence-corrected chi connectivity index (χ3v) is 5.91. The molecule has 30 heavy (non-hydrogen) atoms. The summed E-state index contributed by atoms with van der Waals surface area (Å²) in [4.78, 5) is 9.67. The van der Waals surface area contributed by atoms with Crippen molar-refractivity contribution in [3.8, 4) is 0 Å². The van der Waals surface area contributed by atoms with Gasteiger partial charge in [-0.15, -0.1) is 0 Å². The number of aromatic nitrogens is 3. The molecule has 0 amide bonds. The van der Waals surface area contributed by atoms with Crippen molar-refractivity contribution in [2.45, 2.75) is 51.4 Å². The molecule has 2 aliphatic heterocycles. The average Bonchev–Trinajstić information content (AvgIpc) is 3.39. The Kier molecular flexibility index (Phi) is 5.12. The van der Waals surface area contributed by atoms with Crippen molar-refractivity contribution in [1.82, 2.24) is 14.8 Å². The van der Waals surface area contributed by atoms with Crippen molar-refractivity contribution in [3.63, 3.8) is 0 Å². The lowest BCUT2D eigenvalue weighted by Crippen LogP contribution is -2.29. The van der Waals surface area contributed by atoms with Crippen LogP contribution in [0.25, 0.3) is 11.0 Å². The molecule has 0 aliphatic carbocycles.